The molecular formula is C37H66NO10P. The summed E-state index contributed by atoms with van der Waals surface area (Å²) in [5.74, 6) is -2.42. The molecule has 0 saturated carbocycles. The number of rotatable bonds is 34. The Hall–Kier alpha value is -2.30. The molecule has 0 radical (unpaired) electrons. The van der Waals surface area contributed by atoms with Gasteiger partial charge < -0.3 is 25.2 Å². The Bertz CT molecular complexity index is 984. The van der Waals surface area contributed by atoms with Gasteiger partial charge in [0.25, 0.3) is 0 Å². The van der Waals surface area contributed by atoms with Gasteiger partial charge in [-0.25, -0.2) is 9.36 Å². The summed E-state index contributed by atoms with van der Waals surface area (Å²) in [5.41, 5.74) is 0. The molecule has 4 N–H and O–H groups in total. The van der Waals surface area contributed by atoms with Crippen LogP contribution in [0.4, 0.5) is 0 Å². The van der Waals surface area contributed by atoms with Crippen LogP contribution in [0.3, 0.4) is 0 Å². The predicted molar refractivity (Wildman–Crippen MR) is 194 cm³/mol. The lowest BCUT2D eigenvalue weighted by atomic mass is 10.0. The van der Waals surface area contributed by atoms with Gasteiger partial charge in [-0.1, -0.05) is 127 Å². The molecular weight excluding hydrogens is 649 g/mol. The molecule has 49 heavy (non-hydrogen) atoms. The Kier molecular flexibility index (Phi) is 31.3. The first-order valence-electron chi connectivity index (χ1n) is 18.5. The van der Waals surface area contributed by atoms with Crippen molar-refractivity contribution in [2.45, 2.75) is 161 Å². The van der Waals surface area contributed by atoms with Gasteiger partial charge in [0.05, 0.1) is 13.2 Å². The van der Waals surface area contributed by atoms with Crippen molar-refractivity contribution >= 4 is 25.7 Å². The van der Waals surface area contributed by atoms with Gasteiger partial charge in [0, 0.05) is 12.8 Å². The maximum Gasteiger partial charge on any atom is 0.472 e. The van der Waals surface area contributed by atoms with Gasteiger partial charge >= 0.3 is 19.8 Å². The number of aliphatic hydroxyl groups is 1. The molecule has 0 saturated heterocycles. The first kappa shape index (κ1) is 46.7. The number of carbonyl (C=O) groups is 3. The second-order valence-corrected chi connectivity index (χ2v) is 13.8. The minimum atomic E-state index is -4.75. The third kappa shape index (κ3) is 32.7. The van der Waals surface area contributed by atoms with Crippen molar-refractivity contribution in [2.75, 3.05) is 19.8 Å². The van der Waals surface area contributed by atoms with Gasteiger partial charge in [0.15, 0.2) is 6.04 Å². The van der Waals surface area contributed by atoms with Crippen molar-refractivity contribution in [1.29, 1.82) is 0 Å². The van der Waals surface area contributed by atoms with Crippen LogP contribution in [-0.4, -0.2) is 64.9 Å². The fraction of sp³-hybridized carbons (Fsp3) is 0.757. The Morgan fingerprint density at radius 2 is 1.18 bits per heavy atom. The molecule has 0 bridgehead atoms. The molecule has 3 atom stereocenters. The highest BCUT2D eigenvalue weighted by Gasteiger charge is 2.28. The van der Waals surface area contributed by atoms with E-state index in [1.165, 1.54) is 51.4 Å². The summed E-state index contributed by atoms with van der Waals surface area (Å²) < 4.78 is 26.7. The largest absolute Gasteiger partial charge is 0.480 e. The minimum Gasteiger partial charge on any atom is -0.480 e. The molecule has 12 heteroatoms. The summed E-state index contributed by atoms with van der Waals surface area (Å²) in [6, 6.07) is -1.56. The molecule has 284 valence electrons. The normalized spacial score (nSPS) is 14.4. The van der Waals surface area contributed by atoms with Gasteiger partial charge in [0.1, 0.15) is 12.7 Å². The van der Waals surface area contributed by atoms with Gasteiger partial charge in [-0.05, 0) is 44.9 Å². The van der Waals surface area contributed by atoms with E-state index in [1.807, 2.05) is 0 Å². The van der Waals surface area contributed by atoms with E-state index in [9.17, 15) is 34.1 Å². The van der Waals surface area contributed by atoms with Crippen LogP contribution in [0.1, 0.15) is 149 Å². The van der Waals surface area contributed by atoms with Crippen LogP contribution >= 0.6 is 7.82 Å². The van der Waals surface area contributed by atoms with Crippen LogP contribution in [0.25, 0.3) is 0 Å². The molecule has 1 amide bonds. The molecule has 11 nitrogen and oxygen atoms in total. The summed E-state index contributed by atoms with van der Waals surface area (Å²) in [5, 5.41) is 21.7. The fourth-order valence-electron chi connectivity index (χ4n) is 4.80. The number of ether oxygens (including phenoxy) is 1. The molecule has 0 aromatic carbocycles. The molecule has 3 unspecified atom stereocenters. The lowest BCUT2D eigenvalue weighted by molar-refractivity contribution is -0.147. The first-order chi connectivity index (χ1) is 23.6. The molecule has 0 aliphatic rings. The second kappa shape index (κ2) is 32.9. The maximum absolute atomic E-state index is 12.2. The summed E-state index contributed by atoms with van der Waals surface area (Å²) in [4.78, 5) is 45.6. The topological polar surface area (TPSA) is 169 Å². The van der Waals surface area contributed by atoms with Gasteiger partial charge in [0.2, 0.25) is 5.91 Å². The lowest BCUT2D eigenvalue weighted by Gasteiger charge is -2.18. The maximum atomic E-state index is 12.2. The van der Waals surface area contributed by atoms with Crippen LogP contribution in [0.5, 0.6) is 0 Å². The molecule has 0 fully saturated rings. The SMILES string of the molecule is CC/C=C\C/C=C\C/C=C\CCCCCC(=O)NC(COP(=O)(O)OCC(O)COC(=O)CCCCCCCCCCCCCC)C(=O)O. The van der Waals surface area contributed by atoms with E-state index in [4.69, 9.17) is 13.8 Å². The molecule has 0 spiro atoms. The number of phosphoric acid groups is 1. The van der Waals surface area contributed by atoms with E-state index in [1.54, 1.807) is 0 Å². The van der Waals surface area contributed by atoms with Crippen LogP contribution < -0.4 is 5.32 Å². The van der Waals surface area contributed by atoms with Crippen molar-refractivity contribution < 1.29 is 47.8 Å². The number of unbranched alkanes of at least 4 members (excludes halogenated alkanes) is 14. The molecule has 0 rings (SSSR count). The van der Waals surface area contributed by atoms with Crippen molar-refractivity contribution in [2.24, 2.45) is 0 Å². The number of carbonyl (C=O) groups excluding carboxylic acids is 2. The average molecular weight is 716 g/mol. The Labute approximate surface area is 295 Å². The van der Waals surface area contributed by atoms with Crippen LogP contribution in [0.2, 0.25) is 0 Å². The summed E-state index contributed by atoms with van der Waals surface area (Å²) in [7, 11) is -4.75. The third-order valence-electron chi connectivity index (χ3n) is 7.69. The number of aliphatic hydroxyl groups excluding tert-OH is 1. The number of esters is 1. The number of carboxylic acid groups (broad SMARTS) is 1. The number of carboxylic acids is 1. The van der Waals surface area contributed by atoms with E-state index >= 15 is 0 Å². The van der Waals surface area contributed by atoms with Crippen LogP contribution in [-0.2, 0) is 32.7 Å². The summed E-state index contributed by atoms with van der Waals surface area (Å²) in [6.45, 7) is 2.42. The minimum absolute atomic E-state index is 0.110. The van der Waals surface area contributed by atoms with E-state index in [0.717, 1.165) is 57.8 Å². The van der Waals surface area contributed by atoms with Gasteiger partial charge in [-0.15, -0.1) is 0 Å². The zero-order valence-corrected chi connectivity index (χ0v) is 31.1. The second-order valence-electron chi connectivity index (χ2n) is 12.4. The molecule has 0 heterocycles. The van der Waals surface area contributed by atoms with Crippen LogP contribution in [0, 0.1) is 0 Å². The Morgan fingerprint density at radius 3 is 1.78 bits per heavy atom. The van der Waals surface area contributed by atoms with E-state index in [2.05, 4.69) is 55.6 Å². The van der Waals surface area contributed by atoms with Crippen molar-refractivity contribution in [1.82, 2.24) is 5.32 Å². The zero-order valence-electron chi connectivity index (χ0n) is 30.2. The molecule has 0 aliphatic carbocycles. The number of amides is 1. The number of allylic oxidation sites excluding steroid dienone is 6. The third-order valence-corrected chi connectivity index (χ3v) is 8.64. The number of phosphoric ester groups is 1. The smallest absolute Gasteiger partial charge is 0.472 e. The highest BCUT2D eigenvalue weighted by molar-refractivity contribution is 7.47. The quantitative estimate of drug-likeness (QED) is 0.0219. The highest BCUT2D eigenvalue weighted by Crippen LogP contribution is 2.43. The van der Waals surface area contributed by atoms with E-state index in [0.29, 0.717) is 12.8 Å². The van der Waals surface area contributed by atoms with E-state index in [-0.39, 0.29) is 12.8 Å². The predicted octanol–water partition coefficient (Wildman–Crippen LogP) is 8.49. The number of hydrogen-bond donors (Lipinski definition) is 4. The number of hydrogen-bond acceptors (Lipinski definition) is 8. The van der Waals surface area contributed by atoms with E-state index < -0.39 is 57.6 Å². The summed E-state index contributed by atoms with van der Waals surface area (Å²) in [6.07, 6.45) is 31.8. The lowest BCUT2D eigenvalue weighted by Crippen LogP contribution is -2.43. The van der Waals surface area contributed by atoms with Gasteiger partial charge in [-0.3, -0.25) is 18.6 Å². The zero-order chi connectivity index (χ0) is 36.4. The Morgan fingerprint density at radius 1 is 0.673 bits per heavy atom. The average Bonchev–Trinajstić information content (AvgIpc) is 3.07. The van der Waals surface area contributed by atoms with Gasteiger partial charge in [-0.2, -0.15) is 0 Å². The van der Waals surface area contributed by atoms with Crippen LogP contribution in [0.15, 0.2) is 36.5 Å². The first-order valence-corrected chi connectivity index (χ1v) is 20.0. The number of aliphatic carboxylic acids is 1. The molecule has 0 aliphatic heterocycles. The summed E-state index contributed by atoms with van der Waals surface area (Å²) >= 11 is 0. The molecule has 0 aromatic heterocycles. The monoisotopic (exact) mass is 715 g/mol. The Balaban J connectivity index is 4.02. The van der Waals surface area contributed by atoms with Crippen molar-refractivity contribution in [3.63, 3.8) is 0 Å². The van der Waals surface area contributed by atoms with Crippen molar-refractivity contribution in [3.8, 4) is 0 Å². The number of nitrogens with one attached hydrogen (secondary N) is 1. The fourth-order valence-corrected chi connectivity index (χ4v) is 5.57. The molecule has 0 aromatic rings. The highest BCUT2D eigenvalue weighted by atomic mass is 31.2. The standard InChI is InChI=1S/C37H66NO10P/c1-3-5-7-9-11-13-15-17-18-20-22-24-26-28-35(40)38-34(37(42)43)32-48-49(44,45)47-31-33(39)30-46-36(41)29-27-25-23-21-19-16-14-12-10-8-6-4-2/h5,7,11,13,17-18,33-34,39H,3-4,6,8-10,12,14-16,19-32H2,1-2H3,(H,38,40)(H,42,43)(H,44,45)/b7-5-,13-11-,18-17-. The van der Waals surface area contributed by atoms with Crippen molar-refractivity contribution in [3.05, 3.63) is 36.5 Å².